The smallest absolute Gasteiger partial charge is 0.407 e. The monoisotopic (exact) mass is 464 g/mol. The summed E-state index contributed by atoms with van der Waals surface area (Å²) in [6, 6.07) is 15.6. The number of carbonyl (C=O) groups excluding carboxylic acids is 2. The second-order valence-electron chi connectivity index (χ2n) is 9.24. The SMILES string of the molecule is CC[C@@H](NC(=O)C1CCCC(CNC(=O)OCC2c3ccccc3-c3ccccc32)C1)C(=O)O. The molecule has 2 aromatic rings. The Labute approximate surface area is 199 Å². The van der Waals surface area contributed by atoms with Gasteiger partial charge in [0.05, 0.1) is 0 Å². The maximum atomic E-state index is 12.5. The average molecular weight is 465 g/mol. The highest BCUT2D eigenvalue weighted by Gasteiger charge is 2.31. The van der Waals surface area contributed by atoms with Gasteiger partial charge in [0, 0.05) is 18.4 Å². The Morgan fingerprint density at radius 1 is 1.03 bits per heavy atom. The van der Waals surface area contributed by atoms with Crippen LogP contribution in [0.15, 0.2) is 48.5 Å². The summed E-state index contributed by atoms with van der Waals surface area (Å²) in [7, 11) is 0. The first-order chi connectivity index (χ1) is 16.5. The molecular formula is C27H32N2O5. The van der Waals surface area contributed by atoms with Crippen molar-refractivity contribution in [3.8, 4) is 11.1 Å². The minimum absolute atomic E-state index is 0.0154. The van der Waals surface area contributed by atoms with Crippen molar-refractivity contribution in [2.24, 2.45) is 11.8 Å². The molecule has 3 atom stereocenters. The number of amides is 2. The molecule has 1 saturated carbocycles. The number of hydrogen-bond acceptors (Lipinski definition) is 4. The molecule has 3 N–H and O–H groups in total. The van der Waals surface area contributed by atoms with Crippen LogP contribution < -0.4 is 10.6 Å². The van der Waals surface area contributed by atoms with Crippen molar-refractivity contribution in [2.75, 3.05) is 13.2 Å². The Kier molecular flexibility index (Phi) is 7.50. The summed E-state index contributed by atoms with van der Waals surface area (Å²) in [6.45, 7) is 2.45. The van der Waals surface area contributed by atoms with Gasteiger partial charge in [0.25, 0.3) is 0 Å². The summed E-state index contributed by atoms with van der Waals surface area (Å²) in [6.07, 6.45) is 3.06. The van der Waals surface area contributed by atoms with Crippen molar-refractivity contribution < 1.29 is 24.2 Å². The Balaban J connectivity index is 1.27. The molecule has 0 bridgehead atoms. The average Bonchev–Trinajstić information content (AvgIpc) is 3.18. The second kappa shape index (κ2) is 10.7. The molecule has 0 heterocycles. The minimum Gasteiger partial charge on any atom is -0.480 e. The Bertz CT molecular complexity index is 1010. The zero-order chi connectivity index (χ0) is 24.1. The van der Waals surface area contributed by atoms with Gasteiger partial charge in [0.15, 0.2) is 0 Å². The van der Waals surface area contributed by atoms with E-state index in [1.807, 2.05) is 24.3 Å². The highest BCUT2D eigenvalue weighted by Crippen LogP contribution is 2.44. The molecule has 180 valence electrons. The van der Waals surface area contributed by atoms with Crippen molar-refractivity contribution in [1.82, 2.24) is 10.6 Å². The number of ether oxygens (including phenoxy) is 1. The summed E-state index contributed by atoms with van der Waals surface area (Å²) in [5, 5.41) is 14.7. The van der Waals surface area contributed by atoms with E-state index in [0.29, 0.717) is 19.4 Å². The predicted molar refractivity (Wildman–Crippen MR) is 128 cm³/mol. The van der Waals surface area contributed by atoms with Crippen molar-refractivity contribution in [2.45, 2.75) is 51.0 Å². The molecule has 0 aliphatic heterocycles. The van der Waals surface area contributed by atoms with Gasteiger partial charge >= 0.3 is 12.1 Å². The lowest BCUT2D eigenvalue weighted by atomic mass is 9.81. The highest BCUT2D eigenvalue weighted by molar-refractivity contribution is 5.85. The number of nitrogens with one attached hydrogen (secondary N) is 2. The van der Waals surface area contributed by atoms with E-state index >= 15 is 0 Å². The van der Waals surface area contributed by atoms with Gasteiger partial charge in [0.2, 0.25) is 5.91 Å². The molecule has 34 heavy (non-hydrogen) atoms. The standard InChI is InChI=1S/C27H32N2O5/c1-2-24(26(31)32)29-25(30)18-9-7-8-17(14-18)15-28-27(33)34-16-23-21-12-5-3-10-19(21)20-11-4-6-13-22(20)23/h3-6,10-13,17-18,23-24H,2,7-9,14-16H2,1H3,(H,28,33)(H,29,30)(H,31,32)/t17?,18?,24-/m1/s1. The van der Waals surface area contributed by atoms with E-state index in [9.17, 15) is 19.5 Å². The molecule has 2 aliphatic carbocycles. The number of carbonyl (C=O) groups is 3. The van der Waals surface area contributed by atoms with Crippen LogP contribution in [0.4, 0.5) is 4.79 Å². The molecule has 2 unspecified atom stereocenters. The first kappa shape index (κ1) is 23.8. The fraction of sp³-hybridized carbons (Fsp3) is 0.444. The van der Waals surface area contributed by atoms with E-state index in [1.54, 1.807) is 6.92 Å². The maximum Gasteiger partial charge on any atom is 0.407 e. The molecule has 7 nitrogen and oxygen atoms in total. The lowest BCUT2D eigenvalue weighted by molar-refractivity contribution is -0.142. The molecule has 0 saturated heterocycles. The van der Waals surface area contributed by atoms with Gasteiger partial charge in [-0.1, -0.05) is 61.9 Å². The Morgan fingerprint density at radius 2 is 1.68 bits per heavy atom. The molecule has 2 amide bonds. The van der Waals surface area contributed by atoms with Crippen molar-refractivity contribution in [1.29, 1.82) is 0 Å². The van der Waals surface area contributed by atoms with Crippen LogP contribution in [-0.2, 0) is 14.3 Å². The van der Waals surface area contributed by atoms with E-state index in [4.69, 9.17) is 4.74 Å². The summed E-state index contributed by atoms with van der Waals surface area (Å²) in [4.78, 5) is 36.2. The van der Waals surface area contributed by atoms with Gasteiger partial charge in [-0.2, -0.15) is 0 Å². The molecular weight excluding hydrogens is 432 g/mol. The van der Waals surface area contributed by atoms with Gasteiger partial charge in [-0.05, 0) is 53.9 Å². The van der Waals surface area contributed by atoms with Gasteiger partial charge in [-0.15, -0.1) is 0 Å². The minimum atomic E-state index is -1.01. The number of aliphatic carboxylic acids is 1. The Morgan fingerprint density at radius 3 is 2.29 bits per heavy atom. The quantitative estimate of drug-likeness (QED) is 0.540. The first-order valence-corrected chi connectivity index (χ1v) is 12.1. The van der Waals surface area contributed by atoms with Crippen LogP contribution in [0.1, 0.15) is 56.1 Å². The first-order valence-electron chi connectivity index (χ1n) is 12.1. The van der Waals surface area contributed by atoms with E-state index in [-0.39, 0.29) is 30.3 Å². The zero-order valence-electron chi connectivity index (χ0n) is 19.5. The number of fused-ring (bicyclic) bond motifs is 3. The van der Waals surface area contributed by atoms with Gasteiger partial charge in [-0.25, -0.2) is 9.59 Å². The highest BCUT2D eigenvalue weighted by atomic mass is 16.5. The summed E-state index contributed by atoms with van der Waals surface area (Å²) in [5.41, 5.74) is 4.72. The lowest BCUT2D eigenvalue weighted by Crippen LogP contribution is -2.44. The van der Waals surface area contributed by atoms with Crippen LogP contribution in [-0.4, -0.2) is 42.3 Å². The lowest BCUT2D eigenvalue weighted by Gasteiger charge is -2.29. The number of carboxylic acids is 1. The third-order valence-corrected chi connectivity index (χ3v) is 7.06. The summed E-state index contributed by atoms with van der Waals surface area (Å²) >= 11 is 0. The fourth-order valence-electron chi connectivity index (χ4n) is 5.22. The van der Waals surface area contributed by atoms with Crippen LogP contribution in [0, 0.1) is 11.8 Å². The number of alkyl carbamates (subject to hydrolysis) is 1. The normalized spacial score (nSPS) is 20.0. The summed E-state index contributed by atoms with van der Waals surface area (Å²) < 4.78 is 5.60. The second-order valence-corrected chi connectivity index (χ2v) is 9.24. The number of carboxylic acid groups (broad SMARTS) is 1. The molecule has 0 aromatic heterocycles. The molecule has 4 rings (SSSR count). The molecule has 0 spiro atoms. The number of benzene rings is 2. The summed E-state index contributed by atoms with van der Waals surface area (Å²) in [5.74, 6) is -1.27. The molecule has 2 aromatic carbocycles. The number of hydrogen-bond donors (Lipinski definition) is 3. The molecule has 1 fully saturated rings. The predicted octanol–water partition coefficient (Wildman–Crippen LogP) is 4.31. The molecule has 0 radical (unpaired) electrons. The van der Waals surface area contributed by atoms with Crippen LogP contribution in [0.5, 0.6) is 0 Å². The van der Waals surface area contributed by atoms with E-state index in [0.717, 1.165) is 19.3 Å². The van der Waals surface area contributed by atoms with Crippen LogP contribution in [0.3, 0.4) is 0 Å². The van der Waals surface area contributed by atoms with Gasteiger partial charge in [-0.3, -0.25) is 4.79 Å². The van der Waals surface area contributed by atoms with Crippen LogP contribution >= 0.6 is 0 Å². The fourth-order valence-corrected chi connectivity index (χ4v) is 5.22. The van der Waals surface area contributed by atoms with Crippen molar-refractivity contribution >= 4 is 18.0 Å². The van der Waals surface area contributed by atoms with Gasteiger partial charge < -0.3 is 20.5 Å². The van der Waals surface area contributed by atoms with Crippen LogP contribution in [0.25, 0.3) is 11.1 Å². The topological polar surface area (TPSA) is 105 Å². The van der Waals surface area contributed by atoms with Crippen molar-refractivity contribution in [3.05, 3.63) is 59.7 Å². The zero-order valence-corrected chi connectivity index (χ0v) is 19.5. The Hall–Kier alpha value is -3.35. The molecule has 2 aliphatic rings. The van der Waals surface area contributed by atoms with Crippen molar-refractivity contribution in [3.63, 3.8) is 0 Å². The van der Waals surface area contributed by atoms with Gasteiger partial charge in [0.1, 0.15) is 12.6 Å². The van der Waals surface area contributed by atoms with E-state index in [1.165, 1.54) is 22.3 Å². The third-order valence-electron chi connectivity index (χ3n) is 7.06. The van der Waals surface area contributed by atoms with Crippen LogP contribution in [0.2, 0.25) is 0 Å². The largest absolute Gasteiger partial charge is 0.480 e. The van der Waals surface area contributed by atoms with E-state index < -0.39 is 18.1 Å². The molecule has 7 heteroatoms. The maximum absolute atomic E-state index is 12.5. The van der Waals surface area contributed by atoms with E-state index in [2.05, 4.69) is 34.9 Å². The third kappa shape index (κ3) is 5.24. The number of rotatable bonds is 8.